The molecule has 0 aliphatic heterocycles. The van der Waals surface area contributed by atoms with Gasteiger partial charge in [0.2, 0.25) is 0 Å². The van der Waals surface area contributed by atoms with Gasteiger partial charge in [0, 0.05) is 6.61 Å². The van der Waals surface area contributed by atoms with Crippen LogP contribution in [0.5, 0.6) is 0 Å². The van der Waals surface area contributed by atoms with Gasteiger partial charge >= 0.3 is 5.97 Å². The van der Waals surface area contributed by atoms with Crippen molar-refractivity contribution in [1.29, 1.82) is 0 Å². The Hall–Kier alpha value is -0.810. The molecule has 0 saturated carbocycles. The zero-order valence-corrected chi connectivity index (χ0v) is 19.3. The molecular weight excluding hydrogens is 396 g/mol. The number of carbonyl (C=O) groups is 1. The predicted octanol–water partition coefficient (Wildman–Crippen LogP) is 1.85. The fourth-order valence-corrected chi connectivity index (χ4v) is 1.99. The van der Waals surface area contributed by atoms with E-state index in [0.29, 0.717) is 79.3 Å². The van der Waals surface area contributed by atoms with Crippen LogP contribution < -0.4 is 0 Å². The third-order valence-corrected chi connectivity index (χ3v) is 3.22. The van der Waals surface area contributed by atoms with Crippen LogP contribution >= 0.6 is 0 Å². The van der Waals surface area contributed by atoms with E-state index in [-0.39, 0.29) is 12.6 Å². The molecule has 0 aromatic carbocycles. The zero-order valence-electron chi connectivity index (χ0n) is 19.3. The lowest BCUT2D eigenvalue weighted by molar-refractivity contribution is -0.160. The Morgan fingerprint density at radius 2 is 0.833 bits per heavy atom. The molecule has 0 saturated heterocycles. The first-order valence-electron chi connectivity index (χ1n) is 10.7. The van der Waals surface area contributed by atoms with Crippen LogP contribution in [0.15, 0.2) is 0 Å². The maximum Gasteiger partial charge on any atom is 0.332 e. The second kappa shape index (κ2) is 21.4. The maximum absolute atomic E-state index is 11.4. The van der Waals surface area contributed by atoms with Crippen LogP contribution in [0, 0.1) is 0 Å². The van der Waals surface area contributed by atoms with Gasteiger partial charge in [-0.3, -0.25) is 0 Å². The third kappa shape index (κ3) is 25.2. The van der Waals surface area contributed by atoms with Gasteiger partial charge in [0.25, 0.3) is 0 Å². The summed E-state index contributed by atoms with van der Waals surface area (Å²) in [5.41, 5.74) is -0.497. The lowest BCUT2D eigenvalue weighted by atomic mass is 10.2. The second-order valence-electron chi connectivity index (χ2n) is 7.31. The first-order chi connectivity index (χ1) is 14.5. The number of carbonyl (C=O) groups excluding carboxylic acids is 1. The van der Waals surface area contributed by atoms with Crippen molar-refractivity contribution in [2.75, 3.05) is 92.5 Å². The Labute approximate surface area is 181 Å². The number of ether oxygens (including phenoxy) is 8. The highest BCUT2D eigenvalue weighted by atomic mass is 16.6. The molecule has 0 aromatic heterocycles. The molecule has 0 aliphatic rings. The van der Waals surface area contributed by atoms with Crippen LogP contribution in [0.4, 0.5) is 0 Å². The van der Waals surface area contributed by atoms with Gasteiger partial charge in [-0.1, -0.05) is 6.92 Å². The summed E-state index contributed by atoms with van der Waals surface area (Å²) in [6.07, 6.45) is 1.02. The second-order valence-corrected chi connectivity index (χ2v) is 7.31. The fourth-order valence-electron chi connectivity index (χ4n) is 1.99. The van der Waals surface area contributed by atoms with E-state index < -0.39 is 5.60 Å². The average Bonchev–Trinajstić information content (AvgIpc) is 2.68. The van der Waals surface area contributed by atoms with Gasteiger partial charge in [-0.15, -0.1) is 0 Å². The molecule has 0 aliphatic carbocycles. The number of hydrogen-bond donors (Lipinski definition) is 0. The van der Waals surface area contributed by atoms with Gasteiger partial charge < -0.3 is 37.9 Å². The van der Waals surface area contributed by atoms with E-state index in [4.69, 9.17) is 37.9 Å². The number of hydrogen-bond acceptors (Lipinski definition) is 9. The lowest BCUT2D eigenvalue weighted by Crippen LogP contribution is -2.27. The van der Waals surface area contributed by atoms with Gasteiger partial charge in [-0.2, -0.15) is 0 Å². The lowest BCUT2D eigenvalue weighted by Gasteiger charge is -2.19. The first kappa shape index (κ1) is 29.2. The van der Waals surface area contributed by atoms with Crippen molar-refractivity contribution >= 4 is 5.97 Å². The van der Waals surface area contributed by atoms with Gasteiger partial charge in [0.05, 0.1) is 79.3 Å². The first-order valence-corrected chi connectivity index (χ1v) is 10.7. The quantitative estimate of drug-likeness (QED) is 0.185. The van der Waals surface area contributed by atoms with Crippen LogP contribution in [0.25, 0.3) is 0 Å². The predicted molar refractivity (Wildman–Crippen MR) is 112 cm³/mol. The Morgan fingerprint density at radius 3 is 1.13 bits per heavy atom. The van der Waals surface area contributed by atoms with Crippen LogP contribution in [-0.4, -0.2) is 104 Å². The summed E-state index contributed by atoms with van der Waals surface area (Å²) < 4.78 is 42.5. The van der Waals surface area contributed by atoms with E-state index in [1.165, 1.54) is 0 Å². The van der Waals surface area contributed by atoms with E-state index >= 15 is 0 Å². The molecule has 9 heteroatoms. The highest BCUT2D eigenvalue weighted by Crippen LogP contribution is 2.06. The molecule has 0 heterocycles. The van der Waals surface area contributed by atoms with Gasteiger partial charge in [0.1, 0.15) is 12.2 Å². The summed E-state index contributed by atoms with van der Waals surface area (Å²) in [5.74, 6) is -0.377. The smallest absolute Gasteiger partial charge is 0.332 e. The standard InChI is InChI=1S/C21H42O9/c1-5-6-23-7-8-24-9-10-25-11-12-26-13-14-27-15-16-28-17-18-29-19-20(22)30-21(2,3)4/h5-19H2,1-4H3. The average molecular weight is 439 g/mol. The van der Waals surface area contributed by atoms with Crippen molar-refractivity contribution in [3.63, 3.8) is 0 Å². The summed E-state index contributed by atoms with van der Waals surface area (Å²) in [5, 5.41) is 0. The third-order valence-electron chi connectivity index (χ3n) is 3.22. The molecule has 0 rings (SSSR count). The highest BCUT2D eigenvalue weighted by molar-refractivity contribution is 5.71. The van der Waals surface area contributed by atoms with E-state index in [0.717, 1.165) is 13.0 Å². The van der Waals surface area contributed by atoms with E-state index in [9.17, 15) is 4.79 Å². The van der Waals surface area contributed by atoms with Crippen molar-refractivity contribution < 1.29 is 42.7 Å². The molecule has 0 spiro atoms. The van der Waals surface area contributed by atoms with Crippen molar-refractivity contribution in [1.82, 2.24) is 0 Å². The van der Waals surface area contributed by atoms with Gasteiger partial charge in [-0.05, 0) is 27.2 Å². The number of esters is 1. The van der Waals surface area contributed by atoms with Gasteiger partial charge in [0.15, 0.2) is 0 Å². The molecule has 0 radical (unpaired) electrons. The molecule has 9 nitrogen and oxygen atoms in total. The SMILES string of the molecule is CCCOCCOCCOCCOCCOCCOCCOCC(=O)OC(C)(C)C. The van der Waals surface area contributed by atoms with Crippen molar-refractivity contribution in [2.45, 2.75) is 39.7 Å². The maximum atomic E-state index is 11.4. The summed E-state index contributed by atoms with van der Waals surface area (Å²) in [6.45, 7) is 14.3. The van der Waals surface area contributed by atoms with Crippen LogP contribution in [0.1, 0.15) is 34.1 Å². The topological polar surface area (TPSA) is 90.9 Å². The molecule has 180 valence electrons. The Morgan fingerprint density at radius 1 is 0.533 bits per heavy atom. The minimum atomic E-state index is -0.497. The summed E-state index contributed by atoms with van der Waals surface area (Å²) in [6, 6.07) is 0. The minimum Gasteiger partial charge on any atom is -0.458 e. The molecule has 0 bridgehead atoms. The molecule has 0 aromatic rings. The van der Waals surface area contributed by atoms with Crippen molar-refractivity contribution in [3.8, 4) is 0 Å². The highest BCUT2D eigenvalue weighted by Gasteiger charge is 2.15. The zero-order chi connectivity index (χ0) is 22.3. The molecule has 0 unspecified atom stereocenters. The Kier molecular flexibility index (Phi) is 20.8. The molecule has 0 amide bonds. The minimum absolute atomic E-state index is 0.0702. The largest absolute Gasteiger partial charge is 0.458 e. The molecule has 0 atom stereocenters. The normalized spacial score (nSPS) is 11.7. The summed E-state index contributed by atoms with van der Waals surface area (Å²) in [4.78, 5) is 11.4. The molecular formula is C21H42O9. The molecule has 30 heavy (non-hydrogen) atoms. The Balaban J connectivity index is 3.11. The summed E-state index contributed by atoms with van der Waals surface area (Å²) >= 11 is 0. The Bertz CT molecular complexity index is 372. The van der Waals surface area contributed by atoms with Crippen LogP contribution in [-0.2, 0) is 42.7 Å². The fraction of sp³-hybridized carbons (Fsp3) is 0.952. The van der Waals surface area contributed by atoms with E-state index in [1.54, 1.807) is 0 Å². The molecule has 0 fully saturated rings. The van der Waals surface area contributed by atoms with Crippen molar-refractivity contribution in [2.24, 2.45) is 0 Å². The monoisotopic (exact) mass is 438 g/mol. The van der Waals surface area contributed by atoms with E-state index in [1.807, 2.05) is 20.8 Å². The molecule has 0 N–H and O–H groups in total. The van der Waals surface area contributed by atoms with Crippen molar-refractivity contribution in [3.05, 3.63) is 0 Å². The van der Waals surface area contributed by atoms with E-state index in [2.05, 4.69) is 6.92 Å². The van der Waals surface area contributed by atoms with Crippen LogP contribution in [0.3, 0.4) is 0 Å². The summed E-state index contributed by atoms with van der Waals surface area (Å²) in [7, 11) is 0. The van der Waals surface area contributed by atoms with Crippen LogP contribution in [0.2, 0.25) is 0 Å². The number of rotatable bonds is 22. The van der Waals surface area contributed by atoms with Gasteiger partial charge in [-0.25, -0.2) is 4.79 Å².